The predicted octanol–water partition coefficient (Wildman–Crippen LogP) is 1.58. The Hall–Kier alpha value is -5.14. The van der Waals surface area contributed by atoms with E-state index in [4.69, 9.17) is 4.74 Å². The van der Waals surface area contributed by atoms with Crippen LogP contribution in [0.15, 0.2) is 64.6 Å². The number of carbonyl (C=O) groups is 1. The van der Waals surface area contributed by atoms with Crippen LogP contribution in [-0.4, -0.2) is 49.1 Å². The Labute approximate surface area is 189 Å². The van der Waals surface area contributed by atoms with Crippen molar-refractivity contribution >= 4 is 17.5 Å². The maximum atomic E-state index is 12.6. The average molecular weight is 469 g/mol. The molecule has 1 unspecified atom stereocenters. The number of nitrogens with one attached hydrogen (secondary N) is 1. The summed E-state index contributed by atoms with van der Waals surface area (Å²) in [6, 6.07) is 5.74. The highest BCUT2D eigenvalue weighted by Gasteiger charge is 2.45. The number of esters is 1. The summed E-state index contributed by atoms with van der Waals surface area (Å²) >= 11 is 0. The molecule has 0 radical (unpaired) electrons. The molecule has 0 amide bonds. The van der Waals surface area contributed by atoms with Gasteiger partial charge in [-0.15, -0.1) is 0 Å². The Bertz CT molecular complexity index is 1320. The molecule has 2 heterocycles. The minimum atomic E-state index is -1.40. The standard InChI is InChI=1S/C20H15N5O9/c1-34-20(29)12-8-13(25(32)33)19-21-18(9-3-2-4-10(5-9)24(30)31)22-23(19)17(12)16-14(27)6-11(26)7-15(16)28/h2-8,17,26-28H,1H3,(H,21,22). The largest absolute Gasteiger partial charge is 0.508 e. The minimum Gasteiger partial charge on any atom is -0.508 e. The molecule has 2 aliphatic rings. The van der Waals surface area contributed by atoms with Crippen molar-refractivity contribution in [1.29, 1.82) is 0 Å². The number of methoxy groups -OCH3 is 1. The highest BCUT2D eigenvalue weighted by molar-refractivity contribution is 6.01. The zero-order valence-electron chi connectivity index (χ0n) is 17.2. The van der Waals surface area contributed by atoms with Crippen molar-refractivity contribution in [3.05, 3.63) is 90.9 Å². The number of carbonyl (C=O) groups excluding carboxylic acids is 1. The molecule has 0 saturated heterocycles. The van der Waals surface area contributed by atoms with Crippen LogP contribution < -0.4 is 5.43 Å². The van der Waals surface area contributed by atoms with Gasteiger partial charge in [0.1, 0.15) is 23.3 Å². The second kappa shape index (κ2) is 8.09. The number of nitro benzene ring substituents is 1. The molecule has 0 aromatic heterocycles. The van der Waals surface area contributed by atoms with Gasteiger partial charge in [-0.2, -0.15) is 0 Å². The van der Waals surface area contributed by atoms with E-state index in [1.807, 2.05) is 0 Å². The third kappa shape index (κ3) is 3.58. The van der Waals surface area contributed by atoms with E-state index >= 15 is 0 Å². The number of amidine groups is 1. The number of ether oxygens (including phenoxy) is 1. The summed E-state index contributed by atoms with van der Waals surface area (Å²) in [5.41, 5.74) is 1.48. The molecular weight excluding hydrogens is 454 g/mol. The first kappa shape index (κ1) is 22.1. The number of nitro groups is 2. The van der Waals surface area contributed by atoms with Gasteiger partial charge < -0.3 is 20.1 Å². The summed E-state index contributed by atoms with van der Waals surface area (Å²) in [5, 5.41) is 54.5. The SMILES string of the molecule is COC(=O)C1=CC([N+](=O)[O-])=C2N=C(c3cccc([N+](=O)[O-])c3)NN2C1c1c(O)cc(O)cc1O. The number of hydrazine groups is 1. The van der Waals surface area contributed by atoms with Crippen LogP contribution in [-0.2, 0) is 9.53 Å². The van der Waals surface area contributed by atoms with E-state index in [0.29, 0.717) is 0 Å². The number of nitrogens with zero attached hydrogens (tertiary/aromatic N) is 4. The average Bonchev–Trinajstić information content (AvgIpc) is 3.23. The van der Waals surface area contributed by atoms with Crippen LogP contribution in [0.4, 0.5) is 5.69 Å². The Morgan fingerprint density at radius 3 is 2.38 bits per heavy atom. The van der Waals surface area contributed by atoms with Crippen LogP contribution in [0.25, 0.3) is 0 Å². The molecule has 14 nitrogen and oxygen atoms in total. The van der Waals surface area contributed by atoms with E-state index in [1.54, 1.807) is 0 Å². The smallest absolute Gasteiger partial charge is 0.336 e. The number of hydrogen-bond donors (Lipinski definition) is 4. The Morgan fingerprint density at radius 1 is 1.12 bits per heavy atom. The van der Waals surface area contributed by atoms with Crippen LogP contribution in [0.5, 0.6) is 17.2 Å². The molecule has 0 fully saturated rings. The zero-order valence-corrected chi connectivity index (χ0v) is 17.2. The van der Waals surface area contributed by atoms with Gasteiger partial charge in [-0.1, -0.05) is 12.1 Å². The Kier molecular flexibility index (Phi) is 5.25. The van der Waals surface area contributed by atoms with Gasteiger partial charge >= 0.3 is 11.7 Å². The van der Waals surface area contributed by atoms with Crippen molar-refractivity contribution in [1.82, 2.24) is 10.4 Å². The number of benzene rings is 2. The number of aliphatic imine (C=N–C) groups is 1. The first-order chi connectivity index (χ1) is 16.1. The summed E-state index contributed by atoms with van der Waals surface area (Å²) < 4.78 is 4.74. The van der Waals surface area contributed by atoms with Gasteiger partial charge in [0.25, 0.3) is 5.69 Å². The molecule has 14 heteroatoms. The van der Waals surface area contributed by atoms with Gasteiger partial charge in [0.15, 0.2) is 5.84 Å². The third-order valence-electron chi connectivity index (χ3n) is 5.09. The lowest BCUT2D eigenvalue weighted by atomic mass is 9.93. The zero-order chi connectivity index (χ0) is 24.7. The van der Waals surface area contributed by atoms with Crippen molar-refractivity contribution in [2.24, 2.45) is 4.99 Å². The van der Waals surface area contributed by atoms with Crippen molar-refractivity contribution in [3.63, 3.8) is 0 Å². The Morgan fingerprint density at radius 2 is 1.79 bits per heavy atom. The van der Waals surface area contributed by atoms with Crippen molar-refractivity contribution in [2.75, 3.05) is 7.11 Å². The van der Waals surface area contributed by atoms with E-state index in [1.165, 1.54) is 24.3 Å². The number of hydrogen-bond acceptors (Lipinski definition) is 12. The van der Waals surface area contributed by atoms with Crippen LogP contribution in [0.2, 0.25) is 0 Å². The van der Waals surface area contributed by atoms with E-state index in [-0.39, 0.29) is 34.0 Å². The van der Waals surface area contributed by atoms with Crippen molar-refractivity contribution in [3.8, 4) is 17.2 Å². The molecule has 174 valence electrons. The van der Waals surface area contributed by atoms with E-state index in [0.717, 1.165) is 30.3 Å². The quantitative estimate of drug-likeness (QED) is 0.281. The van der Waals surface area contributed by atoms with Gasteiger partial charge in [0, 0.05) is 35.9 Å². The van der Waals surface area contributed by atoms with E-state index in [9.17, 15) is 40.3 Å². The maximum absolute atomic E-state index is 12.6. The first-order valence-electron chi connectivity index (χ1n) is 9.45. The summed E-state index contributed by atoms with van der Waals surface area (Å²) in [6.45, 7) is 0. The monoisotopic (exact) mass is 469 g/mol. The molecule has 34 heavy (non-hydrogen) atoms. The summed E-state index contributed by atoms with van der Waals surface area (Å²) in [4.78, 5) is 38.2. The van der Waals surface area contributed by atoms with Crippen LogP contribution in [0, 0.1) is 20.2 Å². The number of phenolic OH excluding ortho intramolecular Hbond substituents is 3. The van der Waals surface area contributed by atoms with E-state index in [2.05, 4.69) is 10.4 Å². The lowest BCUT2D eigenvalue weighted by Gasteiger charge is -2.33. The highest BCUT2D eigenvalue weighted by atomic mass is 16.6. The molecule has 0 spiro atoms. The van der Waals surface area contributed by atoms with E-state index < -0.39 is 44.8 Å². The number of rotatable bonds is 5. The second-order valence-corrected chi connectivity index (χ2v) is 7.11. The van der Waals surface area contributed by atoms with Crippen LogP contribution >= 0.6 is 0 Å². The molecule has 0 saturated carbocycles. The van der Waals surface area contributed by atoms with Crippen LogP contribution in [0.3, 0.4) is 0 Å². The normalized spacial score (nSPS) is 16.9. The van der Waals surface area contributed by atoms with Crippen molar-refractivity contribution < 1.29 is 34.7 Å². The number of aromatic hydroxyl groups is 3. The summed E-state index contributed by atoms with van der Waals surface area (Å²) in [6.07, 6.45) is 0.898. The highest BCUT2D eigenvalue weighted by Crippen LogP contribution is 2.47. The maximum Gasteiger partial charge on any atom is 0.336 e. The fourth-order valence-corrected chi connectivity index (χ4v) is 3.64. The van der Waals surface area contributed by atoms with Crippen molar-refractivity contribution in [2.45, 2.75) is 6.04 Å². The van der Waals surface area contributed by atoms with Gasteiger partial charge in [-0.3, -0.25) is 30.7 Å². The second-order valence-electron chi connectivity index (χ2n) is 7.11. The molecular formula is C20H15N5O9. The molecule has 0 bridgehead atoms. The lowest BCUT2D eigenvalue weighted by Crippen LogP contribution is -2.43. The summed E-state index contributed by atoms with van der Waals surface area (Å²) in [5.74, 6) is -3.03. The van der Waals surface area contributed by atoms with Crippen LogP contribution in [0.1, 0.15) is 17.2 Å². The molecule has 4 rings (SSSR count). The van der Waals surface area contributed by atoms with Gasteiger partial charge in [0.05, 0.1) is 28.1 Å². The number of non-ortho nitro benzene ring substituents is 1. The molecule has 1 atom stereocenters. The third-order valence-corrected chi connectivity index (χ3v) is 5.09. The molecule has 2 aliphatic heterocycles. The minimum absolute atomic E-state index is 0.0275. The fourth-order valence-electron chi connectivity index (χ4n) is 3.64. The molecule has 0 aliphatic carbocycles. The Balaban J connectivity index is 1.93. The first-order valence-corrected chi connectivity index (χ1v) is 9.45. The van der Waals surface area contributed by atoms with Gasteiger partial charge in [-0.05, 0) is 0 Å². The lowest BCUT2D eigenvalue weighted by molar-refractivity contribution is -0.422. The topological polar surface area (TPSA) is 201 Å². The summed E-state index contributed by atoms with van der Waals surface area (Å²) in [7, 11) is 1.05. The number of phenols is 3. The fraction of sp³-hybridized carbons (Fsp3) is 0.100. The van der Waals surface area contributed by atoms with Gasteiger partial charge in [-0.25, -0.2) is 9.79 Å². The predicted molar refractivity (Wildman–Crippen MR) is 113 cm³/mol. The van der Waals surface area contributed by atoms with Gasteiger partial charge in [0.2, 0.25) is 5.82 Å². The molecule has 4 N–H and O–H groups in total. The number of allylic oxidation sites excluding steroid dienone is 1. The molecule has 2 aromatic carbocycles. The number of fused-ring (bicyclic) bond motifs is 1. The molecule has 2 aromatic rings.